The second-order valence-corrected chi connectivity index (χ2v) is 3.78. The second kappa shape index (κ2) is 3.92. The van der Waals surface area contributed by atoms with Gasteiger partial charge in [0, 0.05) is 0 Å². The lowest BCUT2D eigenvalue weighted by molar-refractivity contribution is 1.13. The average molecular weight is 261 g/mol. The van der Waals surface area contributed by atoms with Gasteiger partial charge in [0.1, 0.15) is 11.3 Å². The van der Waals surface area contributed by atoms with Gasteiger partial charge in [-0.3, -0.25) is 4.40 Å². The molecule has 0 saturated carbocycles. The zero-order valence-corrected chi connectivity index (χ0v) is 9.87. The normalized spacial score (nSPS) is 9.73. The molecule has 0 bridgehead atoms. The summed E-state index contributed by atoms with van der Waals surface area (Å²) in [4.78, 5) is 4.42. The van der Waals surface area contributed by atoms with Crippen molar-refractivity contribution in [2.45, 2.75) is 6.92 Å². The third-order valence-electron chi connectivity index (χ3n) is 2.07. The molecule has 2 heterocycles. The van der Waals surface area contributed by atoms with Gasteiger partial charge in [0.25, 0.3) is 0 Å². The van der Waals surface area contributed by atoms with Crippen molar-refractivity contribution >= 4 is 27.7 Å². The number of halogens is 1. The molecule has 2 aromatic rings. The first-order valence-electron chi connectivity index (χ1n) is 4.50. The first-order chi connectivity index (χ1) is 7.27. The Morgan fingerprint density at radius 2 is 2.33 bits per heavy atom. The molecule has 0 N–H and O–H groups in total. The molecular weight excluding hydrogens is 252 g/mol. The molecule has 2 rings (SSSR count). The lowest BCUT2D eigenvalue weighted by Crippen LogP contribution is -1.89. The summed E-state index contributed by atoms with van der Waals surface area (Å²) in [7, 11) is 0. The Hall–Kier alpha value is -1.53. The number of hydrogen-bond acceptors (Lipinski definition) is 1. The predicted octanol–water partition coefficient (Wildman–Crippen LogP) is 3.11. The number of hydrogen-bond donors (Lipinski definition) is 0. The molecule has 74 valence electrons. The Kier molecular flexibility index (Phi) is 2.61. The smallest absolute Gasteiger partial charge is 0.139 e. The van der Waals surface area contributed by atoms with Gasteiger partial charge < -0.3 is 0 Å². The quantitative estimate of drug-likeness (QED) is 0.569. The van der Waals surface area contributed by atoms with Crippen LogP contribution in [0, 0.1) is 11.8 Å². The monoisotopic (exact) mass is 260 g/mol. The van der Waals surface area contributed by atoms with Crippen molar-refractivity contribution in [3.05, 3.63) is 40.8 Å². The van der Waals surface area contributed by atoms with Crippen molar-refractivity contribution in [1.29, 1.82) is 0 Å². The number of imidazole rings is 1. The third kappa shape index (κ3) is 1.57. The van der Waals surface area contributed by atoms with Gasteiger partial charge in [0.15, 0.2) is 0 Å². The standard InChI is InChI=1S/C12H9BrN2/c1-3-6-9-10(4-2)15-11(13)7-5-8-12(15)14-9/h4-5,7-8H,2H2,1H3. The molecule has 0 aliphatic carbocycles. The van der Waals surface area contributed by atoms with Crippen LogP contribution in [-0.2, 0) is 0 Å². The highest BCUT2D eigenvalue weighted by Crippen LogP contribution is 2.19. The van der Waals surface area contributed by atoms with Gasteiger partial charge in [0.05, 0.1) is 10.3 Å². The van der Waals surface area contributed by atoms with Crippen LogP contribution in [0.3, 0.4) is 0 Å². The summed E-state index contributed by atoms with van der Waals surface area (Å²) >= 11 is 3.48. The van der Waals surface area contributed by atoms with E-state index in [0.29, 0.717) is 0 Å². The molecule has 0 saturated heterocycles. The van der Waals surface area contributed by atoms with Crippen LogP contribution >= 0.6 is 15.9 Å². The van der Waals surface area contributed by atoms with E-state index in [2.05, 4.69) is 39.3 Å². The highest BCUT2D eigenvalue weighted by molar-refractivity contribution is 9.10. The van der Waals surface area contributed by atoms with Crippen molar-refractivity contribution in [2.24, 2.45) is 0 Å². The highest BCUT2D eigenvalue weighted by atomic mass is 79.9. The Morgan fingerprint density at radius 3 is 3.00 bits per heavy atom. The SMILES string of the molecule is C=Cc1c(C#CC)nc2cccc(Br)n12. The molecular formula is C12H9BrN2. The Morgan fingerprint density at radius 1 is 1.53 bits per heavy atom. The lowest BCUT2D eigenvalue weighted by Gasteiger charge is -1.99. The number of nitrogens with zero attached hydrogens (tertiary/aromatic N) is 2. The maximum absolute atomic E-state index is 4.42. The molecule has 2 aromatic heterocycles. The van der Waals surface area contributed by atoms with Crippen LogP contribution in [-0.4, -0.2) is 9.38 Å². The molecule has 0 aromatic carbocycles. The molecule has 15 heavy (non-hydrogen) atoms. The largest absolute Gasteiger partial charge is 0.286 e. The Bertz CT molecular complexity index is 585. The van der Waals surface area contributed by atoms with Gasteiger partial charge in [-0.25, -0.2) is 4.98 Å². The number of aromatic nitrogens is 2. The fourth-order valence-corrected chi connectivity index (χ4v) is 2.00. The molecule has 0 amide bonds. The molecule has 2 nitrogen and oxygen atoms in total. The topological polar surface area (TPSA) is 17.3 Å². The van der Waals surface area contributed by atoms with Crippen LogP contribution in [0.15, 0.2) is 29.4 Å². The summed E-state index contributed by atoms with van der Waals surface area (Å²) in [6.07, 6.45) is 1.77. The Balaban J connectivity index is 2.90. The molecule has 0 aliphatic heterocycles. The lowest BCUT2D eigenvalue weighted by atomic mass is 10.3. The number of fused-ring (bicyclic) bond motifs is 1. The van der Waals surface area contributed by atoms with Crippen LogP contribution in [0.1, 0.15) is 18.3 Å². The van der Waals surface area contributed by atoms with Gasteiger partial charge in [-0.2, -0.15) is 0 Å². The van der Waals surface area contributed by atoms with E-state index in [1.54, 1.807) is 13.0 Å². The van der Waals surface area contributed by atoms with Crippen LogP contribution in [0.2, 0.25) is 0 Å². The van der Waals surface area contributed by atoms with Crippen molar-refractivity contribution in [3.63, 3.8) is 0 Å². The maximum atomic E-state index is 4.42. The fourth-order valence-electron chi connectivity index (χ4n) is 1.47. The van der Waals surface area contributed by atoms with Crippen LogP contribution in [0.25, 0.3) is 11.7 Å². The van der Waals surface area contributed by atoms with Crippen LogP contribution < -0.4 is 0 Å². The van der Waals surface area contributed by atoms with Gasteiger partial charge in [-0.05, 0) is 47.0 Å². The molecule has 3 heteroatoms. The van der Waals surface area contributed by atoms with Crippen molar-refractivity contribution < 1.29 is 0 Å². The summed E-state index contributed by atoms with van der Waals surface area (Å²) < 4.78 is 2.93. The summed E-state index contributed by atoms with van der Waals surface area (Å²) in [5.74, 6) is 5.82. The zero-order valence-electron chi connectivity index (χ0n) is 8.29. The molecule has 0 unspecified atom stereocenters. The fraction of sp³-hybridized carbons (Fsp3) is 0.0833. The maximum Gasteiger partial charge on any atom is 0.139 e. The molecule has 0 radical (unpaired) electrons. The first-order valence-corrected chi connectivity index (χ1v) is 5.29. The first kappa shape index (κ1) is 10.0. The highest BCUT2D eigenvalue weighted by Gasteiger charge is 2.08. The van der Waals surface area contributed by atoms with E-state index < -0.39 is 0 Å². The van der Waals surface area contributed by atoms with Crippen molar-refractivity contribution in [1.82, 2.24) is 9.38 Å². The minimum atomic E-state index is 0.763. The van der Waals surface area contributed by atoms with Crippen LogP contribution in [0.5, 0.6) is 0 Å². The summed E-state index contributed by atoms with van der Waals surface area (Å²) in [6, 6.07) is 5.85. The van der Waals surface area contributed by atoms with E-state index >= 15 is 0 Å². The van der Waals surface area contributed by atoms with Crippen molar-refractivity contribution in [2.75, 3.05) is 0 Å². The number of rotatable bonds is 1. The molecule has 0 aliphatic rings. The van der Waals surface area contributed by atoms with Gasteiger partial charge in [-0.1, -0.05) is 18.6 Å². The third-order valence-corrected chi connectivity index (χ3v) is 2.69. The minimum absolute atomic E-state index is 0.763. The van der Waals surface area contributed by atoms with Gasteiger partial charge in [-0.15, -0.1) is 0 Å². The van der Waals surface area contributed by atoms with E-state index in [1.165, 1.54) is 0 Å². The van der Waals surface area contributed by atoms with Gasteiger partial charge >= 0.3 is 0 Å². The van der Waals surface area contributed by atoms with E-state index in [9.17, 15) is 0 Å². The summed E-state index contributed by atoms with van der Waals surface area (Å²) in [5, 5.41) is 0. The van der Waals surface area contributed by atoms with E-state index in [4.69, 9.17) is 0 Å². The van der Waals surface area contributed by atoms with Gasteiger partial charge in [0.2, 0.25) is 0 Å². The molecule has 0 atom stereocenters. The minimum Gasteiger partial charge on any atom is -0.286 e. The van der Waals surface area contributed by atoms with Crippen molar-refractivity contribution in [3.8, 4) is 11.8 Å². The summed E-state index contributed by atoms with van der Waals surface area (Å²) in [6.45, 7) is 5.59. The Labute approximate surface area is 96.8 Å². The van der Waals surface area contributed by atoms with E-state index in [1.807, 2.05) is 22.6 Å². The molecule has 0 spiro atoms. The second-order valence-electron chi connectivity index (χ2n) is 2.97. The van der Waals surface area contributed by atoms with E-state index in [0.717, 1.165) is 21.6 Å². The predicted molar refractivity (Wildman–Crippen MR) is 65.5 cm³/mol. The van der Waals surface area contributed by atoms with E-state index in [-0.39, 0.29) is 0 Å². The summed E-state index contributed by atoms with van der Waals surface area (Å²) in [5.41, 5.74) is 2.56. The van der Waals surface area contributed by atoms with Crippen LogP contribution in [0.4, 0.5) is 0 Å². The average Bonchev–Trinajstić information content (AvgIpc) is 2.57. The zero-order chi connectivity index (χ0) is 10.8. The molecule has 0 fully saturated rings. The number of pyridine rings is 1.